The Morgan fingerprint density at radius 2 is 1.39 bits per heavy atom. The van der Waals surface area contributed by atoms with Crippen molar-refractivity contribution in [1.82, 2.24) is 4.90 Å². The van der Waals surface area contributed by atoms with Crippen molar-refractivity contribution in [2.24, 2.45) is 17.8 Å². The molecule has 0 unspecified atom stereocenters. The van der Waals surface area contributed by atoms with Gasteiger partial charge in [-0.2, -0.15) is 0 Å². The zero-order valence-electron chi connectivity index (χ0n) is 19.5. The molecule has 5 rings (SSSR count). The lowest BCUT2D eigenvalue weighted by Crippen LogP contribution is -2.39. The Morgan fingerprint density at radius 3 is 2.00 bits per heavy atom. The van der Waals surface area contributed by atoms with Crippen molar-refractivity contribution < 1.29 is 29.0 Å². The fourth-order valence-corrected chi connectivity index (χ4v) is 5.25. The molecule has 3 aromatic rings. The van der Waals surface area contributed by atoms with E-state index in [-0.39, 0.29) is 13.2 Å². The zero-order valence-corrected chi connectivity index (χ0v) is 19.5. The maximum absolute atomic E-state index is 12.9. The number of imide groups is 1. The summed E-state index contributed by atoms with van der Waals surface area (Å²) in [6.07, 6.45) is 0.743. The van der Waals surface area contributed by atoms with Gasteiger partial charge < -0.3 is 9.84 Å². The average Bonchev–Trinajstić information content (AvgIpc) is 3.44. The number of nitrogens with zero attached hydrogens (tertiary/aromatic N) is 1. The van der Waals surface area contributed by atoms with Crippen molar-refractivity contribution >= 4 is 23.8 Å². The molecule has 0 saturated heterocycles. The minimum absolute atomic E-state index is 0.0337. The number of fused-ring (bicyclic) bond motifs is 1. The normalized spacial score (nSPS) is 20.9. The van der Waals surface area contributed by atoms with Gasteiger partial charge in [0.25, 0.3) is 11.8 Å². The van der Waals surface area contributed by atoms with E-state index in [0.29, 0.717) is 24.0 Å². The molecular weight excluding hydrogens is 458 g/mol. The number of hydrogen-bond donors (Lipinski definition) is 1. The lowest BCUT2D eigenvalue weighted by molar-refractivity contribution is -0.158. The number of amides is 2. The van der Waals surface area contributed by atoms with Crippen LogP contribution >= 0.6 is 0 Å². The second-order valence-electron chi connectivity index (χ2n) is 9.25. The summed E-state index contributed by atoms with van der Waals surface area (Å²) in [7, 11) is 0. The molecule has 0 aromatic heterocycles. The quantitative estimate of drug-likeness (QED) is 0.394. The Kier molecular flexibility index (Phi) is 6.38. The van der Waals surface area contributed by atoms with Crippen LogP contribution < -0.4 is 0 Å². The highest BCUT2D eigenvalue weighted by Gasteiger charge is 2.48. The van der Waals surface area contributed by atoms with Crippen molar-refractivity contribution in [2.75, 3.05) is 6.54 Å². The first-order valence-electron chi connectivity index (χ1n) is 11.9. The van der Waals surface area contributed by atoms with Gasteiger partial charge in [0.15, 0.2) is 0 Å². The molecule has 1 aliphatic heterocycles. The van der Waals surface area contributed by atoms with E-state index >= 15 is 0 Å². The van der Waals surface area contributed by atoms with E-state index in [9.17, 15) is 24.3 Å². The number of carboxylic acids is 1. The molecule has 1 aliphatic carbocycles. The summed E-state index contributed by atoms with van der Waals surface area (Å²) in [5.74, 6) is -4.92. The van der Waals surface area contributed by atoms with Gasteiger partial charge in [0, 0.05) is 6.54 Å². The fourth-order valence-electron chi connectivity index (χ4n) is 5.25. The lowest BCUT2D eigenvalue weighted by Gasteiger charge is -2.24. The van der Waals surface area contributed by atoms with E-state index in [1.165, 1.54) is 0 Å². The summed E-state index contributed by atoms with van der Waals surface area (Å²) in [6, 6.07) is 24.1. The third kappa shape index (κ3) is 4.40. The number of carbonyl (C=O) groups excluding carboxylic acids is 3. The number of rotatable bonds is 7. The molecule has 1 N–H and O–H groups in total. The van der Waals surface area contributed by atoms with Gasteiger partial charge in [0.2, 0.25) is 0 Å². The van der Waals surface area contributed by atoms with E-state index in [2.05, 4.69) is 0 Å². The van der Waals surface area contributed by atoms with Gasteiger partial charge in [-0.15, -0.1) is 0 Å². The Balaban J connectivity index is 1.22. The van der Waals surface area contributed by atoms with E-state index in [4.69, 9.17) is 4.74 Å². The van der Waals surface area contributed by atoms with Crippen molar-refractivity contribution in [3.8, 4) is 11.1 Å². The smallest absolute Gasteiger partial charge is 0.310 e. The van der Waals surface area contributed by atoms with Crippen LogP contribution in [0.15, 0.2) is 78.9 Å². The highest BCUT2D eigenvalue weighted by atomic mass is 16.5. The van der Waals surface area contributed by atoms with Crippen LogP contribution in [-0.4, -0.2) is 40.3 Å². The van der Waals surface area contributed by atoms with Crippen LogP contribution in [0.25, 0.3) is 11.1 Å². The summed E-state index contributed by atoms with van der Waals surface area (Å²) in [5, 5.41) is 9.91. The molecule has 182 valence electrons. The first kappa shape index (κ1) is 23.5. The van der Waals surface area contributed by atoms with Crippen LogP contribution in [-0.2, 0) is 20.9 Å². The number of esters is 1. The molecule has 2 aliphatic rings. The van der Waals surface area contributed by atoms with Gasteiger partial charge in [-0.3, -0.25) is 24.1 Å². The van der Waals surface area contributed by atoms with Crippen LogP contribution in [0.2, 0.25) is 0 Å². The standard InChI is InChI=1S/C29H25NO6/c31-26-22-8-4-5-9-23(22)27(32)30(26)16-21-14-15-24(25(21)28(33)34)29(35)36-17-18-10-12-20(13-11-18)19-6-2-1-3-7-19/h1-13,21,24-25H,14-17H2,(H,33,34)/t21-,24-,25-/m0/s1. The predicted octanol–water partition coefficient (Wildman–Crippen LogP) is 4.42. The van der Waals surface area contributed by atoms with Gasteiger partial charge in [0.05, 0.1) is 23.0 Å². The number of ether oxygens (including phenoxy) is 1. The number of benzene rings is 3. The third-order valence-electron chi connectivity index (χ3n) is 7.12. The summed E-state index contributed by atoms with van der Waals surface area (Å²) < 4.78 is 5.50. The van der Waals surface area contributed by atoms with Crippen LogP contribution in [0.4, 0.5) is 0 Å². The first-order chi connectivity index (χ1) is 17.4. The van der Waals surface area contributed by atoms with Crippen LogP contribution in [0, 0.1) is 17.8 Å². The highest BCUT2D eigenvalue weighted by Crippen LogP contribution is 2.40. The zero-order chi connectivity index (χ0) is 25.2. The Labute approximate surface area is 208 Å². The average molecular weight is 484 g/mol. The van der Waals surface area contributed by atoms with Crippen molar-refractivity contribution in [1.29, 1.82) is 0 Å². The largest absolute Gasteiger partial charge is 0.481 e. The molecule has 1 saturated carbocycles. The SMILES string of the molecule is O=C(O)[C@H]1[C@H](CN2C(=O)c3ccccc3C2=O)CC[C@@H]1C(=O)OCc1ccc(-c2ccccc2)cc1. The minimum atomic E-state index is -1.12. The van der Waals surface area contributed by atoms with Crippen LogP contribution in [0.3, 0.4) is 0 Å². The molecule has 1 heterocycles. The Morgan fingerprint density at radius 1 is 0.806 bits per heavy atom. The molecule has 7 nitrogen and oxygen atoms in total. The third-order valence-corrected chi connectivity index (χ3v) is 7.12. The summed E-state index contributed by atoms with van der Waals surface area (Å²) in [5.41, 5.74) is 3.57. The van der Waals surface area contributed by atoms with Gasteiger partial charge >= 0.3 is 11.9 Å². The van der Waals surface area contributed by atoms with Crippen molar-refractivity contribution in [3.63, 3.8) is 0 Å². The van der Waals surface area contributed by atoms with E-state index in [1.54, 1.807) is 24.3 Å². The summed E-state index contributed by atoms with van der Waals surface area (Å²) >= 11 is 0. The second-order valence-corrected chi connectivity index (χ2v) is 9.25. The number of aliphatic carboxylic acids is 1. The second kappa shape index (κ2) is 9.77. The number of carboxylic acid groups (broad SMARTS) is 1. The van der Waals surface area contributed by atoms with Crippen LogP contribution in [0.1, 0.15) is 39.1 Å². The van der Waals surface area contributed by atoms with Gasteiger partial charge in [0.1, 0.15) is 6.61 Å². The highest BCUT2D eigenvalue weighted by molar-refractivity contribution is 6.21. The summed E-state index contributed by atoms with van der Waals surface area (Å²) in [6.45, 7) is 0.00779. The molecule has 3 aromatic carbocycles. The van der Waals surface area contributed by atoms with Gasteiger partial charge in [-0.1, -0.05) is 66.7 Å². The maximum atomic E-state index is 12.9. The van der Waals surface area contributed by atoms with Gasteiger partial charge in [-0.25, -0.2) is 0 Å². The minimum Gasteiger partial charge on any atom is -0.481 e. The maximum Gasteiger partial charge on any atom is 0.310 e. The number of hydrogen-bond acceptors (Lipinski definition) is 5. The Hall–Kier alpha value is -4.26. The van der Waals surface area contributed by atoms with Crippen molar-refractivity contribution in [2.45, 2.75) is 19.4 Å². The fraction of sp³-hybridized carbons (Fsp3) is 0.241. The lowest BCUT2D eigenvalue weighted by atomic mass is 9.89. The molecule has 7 heteroatoms. The summed E-state index contributed by atoms with van der Waals surface area (Å²) in [4.78, 5) is 51.6. The molecule has 0 bridgehead atoms. The predicted molar refractivity (Wildman–Crippen MR) is 131 cm³/mol. The molecule has 2 amide bonds. The molecule has 3 atom stereocenters. The van der Waals surface area contributed by atoms with Crippen LogP contribution in [0.5, 0.6) is 0 Å². The van der Waals surface area contributed by atoms with E-state index in [0.717, 1.165) is 21.6 Å². The molecular formula is C29H25NO6. The molecule has 0 spiro atoms. The number of carbonyl (C=O) groups is 4. The topological polar surface area (TPSA) is 101 Å². The monoisotopic (exact) mass is 483 g/mol. The Bertz CT molecular complexity index is 1280. The first-order valence-corrected chi connectivity index (χ1v) is 11.9. The molecule has 0 radical (unpaired) electrons. The molecule has 36 heavy (non-hydrogen) atoms. The van der Waals surface area contributed by atoms with Crippen molar-refractivity contribution in [3.05, 3.63) is 95.6 Å². The molecule has 1 fully saturated rings. The van der Waals surface area contributed by atoms with Gasteiger partial charge in [-0.05, 0) is 47.6 Å². The van der Waals surface area contributed by atoms with E-state index in [1.807, 2.05) is 54.6 Å². The van der Waals surface area contributed by atoms with E-state index < -0.39 is 41.5 Å².